The number of aromatic nitrogens is 3. The van der Waals surface area contributed by atoms with Crippen LogP contribution in [0.3, 0.4) is 0 Å². The van der Waals surface area contributed by atoms with Gasteiger partial charge in [0, 0.05) is 6.07 Å². The number of nitrogens with zero attached hydrogens (tertiary/aromatic N) is 3. The monoisotopic (exact) mass is 301 g/mol. The molecule has 1 aromatic carbocycles. The Bertz CT molecular complexity index is 648. The van der Waals surface area contributed by atoms with Crippen LogP contribution in [0.4, 0.5) is 8.78 Å². The second-order valence-corrected chi connectivity index (χ2v) is 4.62. The third-order valence-electron chi connectivity index (χ3n) is 2.33. The second-order valence-electron chi connectivity index (χ2n) is 3.67. The Kier molecular flexibility index (Phi) is 4.30. The summed E-state index contributed by atoms with van der Waals surface area (Å²) >= 11 is 0.859. The van der Waals surface area contributed by atoms with E-state index in [0.717, 1.165) is 23.9 Å². The van der Waals surface area contributed by atoms with E-state index in [4.69, 9.17) is 5.11 Å². The molecule has 2 rings (SSSR count). The lowest BCUT2D eigenvalue weighted by Gasteiger charge is -2.08. The third-order valence-corrected chi connectivity index (χ3v) is 3.24. The van der Waals surface area contributed by atoms with Crippen molar-refractivity contribution in [1.29, 1.82) is 0 Å². The minimum Gasteiger partial charge on any atom is -0.481 e. The zero-order chi connectivity index (χ0) is 14.7. The lowest BCUT2D eigenvalue weighted by atomic mass is 10.3. The molecule has 0 spiro atoms. The highest BCUT2D eigenvalue weighted by molar-refractivity contribution is 7.99. The van der Waals surface area contributed by atoms with Crippen LogP contribution >= 0.6 is 11.8 Å². The predicted octanol–water partition coefficient (Wildman–Crippen LogP) is 1.21. The number of rotatable bonds is 5. The first kappa shape index (κ1) is 14.4. The molecule has 0 bridgehead atoms. The predicted molar refractivity (Wildman–Crippen MR) is 65.6 cm³/mol. The molecule has 0 aliphatic carbocycles. The van der Waals surface area contributed by atoms with Crippen LogP contribution in [0, 0.1) is 11.6 Å². The van der Waals surface area contributed by atoms with E-state index in [1.54, 1.807) is 0 Å². The van der Waals surface area contributed by atoms with Crippen molar-refractivity contribution in [2.75, 3.05) is 5.75 Å². The third kappa shape index (κ3) is 2.94. The molecule has 106 valence electrons. The van der Waals surface area contributed by atoms with Crippen molar-refractivity contribution in [3.05, 3.63) is 35.7 Å². The van der Waals surface area contributed by atoms with Gasteiger partial charge in [0.05, 0.1) is 11.4 Å². The van der Waals surface area contributed by atoms with Crippen LogP contribution in [0.1, 0.15) is 5.82 Å². The molecule has 0 fully saturated rings. The maximum atomic E-state index is 13.3. The minimum atomic E-state index is -1.06. The van der Waals surface area contributed by atoms with Crippen LogP contribution in [-0.4, -0.2) is 36.7 Å². The SMILES string of the molecule is O=C(O)CSc1nnc(CO)n1-c1ccc(F)c(F)c1. The normalized spacial score (nSPS) is 10.8. The maximum Gasteiger partial charge on any atom is 0.313 e. The van der Waals surface area contributed by atoms with Crippen molar-refractivity contribution in [3.63, 3.8) is 0 Å². The van der Waals surface area contributed by atoms with Gasteiger partial charge in [-0.05, 0) is 12.1 Å². The average molecular weight is 301 g/mol. The summed E-state index contributed by atoms with van der Waals surface area (Å²) in [6.07, 6.45) is 0. The fraction of sp³-hybridized carbons (Fsp3) is 0.182. The molecule has 0 saturated carbocycles. The number of carboxylic acid groups (broad SMARTS) is 1. The van der Waals surface area contributed by atoms with E-state index < -0.39 is 24.2 Å². The van der Waals surface area contributed by atoms with Crippen LogP contribution in [0.2, 0.25) is 0 Å². The summed E-state index contributed by atoms with van der Waals surface area (Å²) in [5, 5.41) is 25.4. The molecule has 1 aromatic heterocycles. The molecule has 0 aliphatic heterocycles. The van der Waals surface area contributed by atoms with Gasteiger partial charge in [-0.2, -0.15) is 0 Å². The molecule has 1 heterocycles. The standard InChI is InChI=1S/C11H9F2N3O3S/c12-7-2-1-6(3-8(7)13)16-9(4-17)14-15-11(16)20-5-10(18)19/h1-3,17H,4-5H2,(H,18,19). The highest BCUT2D eigenvalue weighted by Gasteiger charge is 2.16. The van der Waals surface area contributed by atoms with Crippen LogP contribution in [-0.2, 0) is 11.4 Å². The minimum absolute atomic E-state index is 0.101. The maximum absolute atomic E-state index is 13.3. The van der Waals surface area contributed by atoms with Gasteiger partial charge in [-0.3, -0.25) is 9.36 Å². The number of hydrogen-bond acceptors (Lipinski definition) is 5. The van der Waals surface area contributed by atoms with Gasteiger partial charge in [0.25, 0.3) is 0 Å². The van der Waals surface area contributed by atoms with Gasteiger partial charge < -0.3 is 10.2 Å². The molecule has 0 saturated heterocycles. The van der Waals surface area contributed by atoms with E-state index in [1.807, 2.05) is 0 Å². The van der Waals surface area contributed by atoms with Crippen LogP contribution in [0.15, 0.2) is 23.4 Å². The summed E-state index contributed by atoms with van der Waals surface area (Å²) in [6.45, 7) is -0.473. The van der Waals surface area contributed by atoms with Crippen LogP contribution < -0.4 is 0 Å². The largest absolute Gasteiger partial charge is 0.481 e. The molecule has 20 heavy (non-hydrogen) atoms. The molecule has 9 heteroatoms. The van der Waals surface area contributed by atoms with E-state index in [2.05, 4.69) is 10.2 Å². The van der Waals surface area contributed by atoms with Gasteiger partial charge >= 0.3 is 5.97 Å². The van der Waals surface area contributed by atoms with E-state index in [9.17, 15) is 18.7 Å². The molecule has 0 amide bonds. The number of carbonyl (C=O) groups is 1. The van der Waals surface area contributed by atoms with Crippen molar-refractivity contribution in [2.45, 2.75) is 11.8 Å². The Morgan fingerprint density at radius 1 is 1.30 bits per heavy atom. The zero-order valence-corrected chi connectivity index (χ0v) is 10.8. The fourth-order valence-electron chi connectivity index (χ4n) is 1.51. The summed E-state index contributed by atoms with van der Waals surface area (Å²) in [7, 11) is 0. The van der Waals surface area contributed by atoms with Crippen molar-refractivity contribution in [3.8, 4) is 5.69 Å². The molecule has 0 aliphatic rings. The Balaban J connectivity index is 2.44. The quantitative estimate of drug-likeness (QED) is 0.807. The van der Waals surface area contributed by atoms with E-state index in [1.165, 1.54) is 10.6 Å². The second kappa shape index (κ2) is 5.97. The summed E-state index contributed by atoms with van der Waals surface area (Å²) < 4.78 is 27.5. The molecule has 0 radical (unpaired) electrons. The van der Waals surface area contributed by atoms with Crippen LogP contribution in [0.25, 0.3) is 5.69 Å². The van der Waals surface area contributed by atoms with Gasteiger partial charge in [-0.25, -0.2) is 8.78 Å². The van der Waals surface area contributed by atoms with Gasteiger partial charge in [-0.15, -0.1) is 10.2 Å². The van der Waals surface area contributed by atoms with E-state index >= 15 is 0 Å². The smallest absolute Gasteiger partial charge is 0.313 e. The first-order chi connectivity index (χ1) is 9.52. The first-order valence-electron chi connectivity index (χ1n) is 5.38. The Morgan fingerprint density at radius 3 is 2.65 bits per heavy atom. The van der Waals surface area contributed by atoms with Crippen molar-refractivity contribution in [2.24, 2.45) is 0 Å². The number of aliphatic hydroxyl groups excluding tert-OH is 1. The van der Waals surface area contributed by atoms with Gasteiger partial charge in [0.15, 0.2) is 22.6 Å². The van der Waals surface area contributed by atoms with Crippen molar-refractivity contribution < 1.29 is 23.8 Å². The van der Waals surface area contributed by atoms with Crippen LogP contribution in [0.5, 0.6) is 0 Å². The number of carboxylic acids is 1. The lowest BCUT2D eigenvalue weighted by Crippen LogP contribution is -2.05. The number of hydrogen-bond donors (Lipinski definition) is 2. The van der Waals surface area contributed by atoms with E-state index in [0.29, 0.717) is 0 Å². The topological polar surface area (TPSA) is 88.2 Å². The summed E-state index contributed by atoms with van der Waals surface area (Å²) in [5.41, 5.74) is 0.200. The zero-order valence-electron chi connectivity index (χ0n) is 9.95. The Morgan fingerprint density at radius 2 is 2.05 bits per heavy atom. The number of halogens is 2. The molecule has 6 nitrogen and oxygen atoms in total. The highest BCUT2D eigenvalue weighted by atomic mass is 32.2. The van der Waals surface area contributed by atoms with Crippen molar-refractivity contribution >= 4 is 17.7 Å². The molecular formula is C11H9F2N3O3S. The molecule has 0 atom stereocenters. The molecular weight excluding hydrogens is 292 g/mol. The van der Waals surface area contributed by atoms with Gasteiger partial charge in [-0.1, -0.05) is 11.8 Å². The molecule has 0 unspecified atom stereocenters. The number of aliphatic hydroxyl groups is 1. The molecule has 2 N–H and O–H groups in total. The number of benzene rings is 1. The fourth-order valence-corrected chi connectivity index (χ4v) is 2.20. The summed E-state index contributed by atoms with van der Waals surface area (Å²) in [6, 6.07) is 3.13. The molecule has 2 aromatic rings. The number of aliphatic carboxylic acids is 1. The van der Waals surface area contributed by atoms with Gasteiger partial charge in [0.2, 0.25) is 0 Å². The van der Waals surface area contributed by atoms with E-state index in [-0.39, 0.29) is 22.4 Å². The van der Waals surface area contributed by atoms with Crippen molar-refractivity contribution in [1.82, 2.24) is 14.8 Å². The first-order valence-corrected chi connectivity index (χ1v) is 6.36. The summed E-state index contributed by atoms with van der Waals surface area (Å²) in [4.78, 5) is 10.6. The van der Waals surface area contributed by atoms with Gasteiger partial charge in [0.1, 0.15) is 6.61 Å². The summed E-state index contributed by atoms with van der Waals surface area (Å²) in [5.74, 6) is -3.29. The Labute approximate surface area is 116 Å². The average Bonchev–Trinajstić information content (AvgIpc) is 2.82. The highest BCUT2D eigenvalue weighted by Crippen LogP contribution is 2.23. The lowest BCUT2D eigenvalue weighted by molar-refractivity contribution is -0.133. The Hall–Kier alpha value is -2.00. The number of thioether (sulfide) groups is 1.